The van der Waals surface area contributed by atoms with Gasteiger partial charge in [0, 0.05) is 18.2 Å². The minimum absolute atomic E-state index is 0.0595. The maximum Gasteiger partial charge on any atom is 0.128 e. The van der Waals surface area contributed by atoms with Crippen molar-refractivity contribution in [3.63, 3.8) is 0 Å². The molecule has 1 heterocycles. The Morgan fingerprint density at radius 2 is 2.15 bits per heavy atom. The molecule has 1 aromatic carbocycles. The summed E-state index contributed by atoms with van der Waals surface area (Å²) in [6.45, 7) is 1.88. The lowest BCUT2D eigenvalue weighted by molar-refractivity contribution is 0.547. The van der Waals surface area contributed by atoms with Crippen LogP contribution in [0, 0.1) is 18.2 Å². The second kappa shape index (κ2) is 3.42. The van der Waals surface area contributed by atoms with Gasteiger partial charge in [-0.25, -0.2) is 8.78 Å². The molecular formula is C10H10F2N. The quantitative estimate of drug-likeness (QED) is 0.703. The van der Waals surface area contributed by atoms with Gasteiger partial charge in [-0.3, -0.25) is 0 Å². The predicted molar refractivity (Wildman–Crippen MR) is 45.8 cm³/mol. The van der Waals surface area contributed by atoms with Crippen LogP contribution in [0.25, 0.3) is 0 Å². The minimum atomic E-state index is -0.384. The standard InChI is InChI=1S/C10H10F2N/c11-7-3-4-9(12)8(6-7)10-2-1-5-13-10/h3-6,10,13H,1-2H2/t10-/m1/s1. The zero-order valence-electron chi connectivity index (χ0n) is 7.06. The van der Waals surface area contributed by atoms with Gasteiger partial charge in [0.2, 0.25) is 0 Å². The van der Waals surface area contributed by atoms with Gasteiger partial charge in [0.15, 0.2) is 0 Å². The molecule has 1 aliphatic rings. The first-order valence-corrected chi connectivity index (χ1v) is 4.30. The van der Waals surface area contributed by atoms with E-state index in [0.717, 1.165) is 18.9 Å². The fraction of sp³-hybridized carbons (Fsp3) is 0.300. The molecule has 2 rings (SSSR count). The normalized spacial score (nSPS) is 22.2. The predicted octanol–water partition coefficient (Wildman–Crippen LogP) is 2.55. The van der Waals surface area contributed by atoms with E-state index in [0.29, 0.717) is 5.56 Å². The third kappa shape index (κ3) is 1.70. The van der Waals surface area contributed by atoms with Crippen LogP contribution in [0.3, 0.4) is 0 Å². The second-order valence-electron chi connectivity index (χ2n) is 3.17. The van der Waals surface area contributed by atoms with Gasteiger partial charge in [-0.1, -0.05) is 0 Å². The first kappa shape index (κ1) is 8.63. The van der Waals surface area contributed by atoms with E-state index in [1.165, 1.54) is 12.1 Å². The Morgan fingerprint density at radius 3 is 2.85 bits per heavy atom. The van der Waals surface area contributed by atoms with Gasteiger partial charge in [-0.05, 0) is 31.0 Å². The zero-order valence-corrected chi connectivity index (χ0v) is 7.06. The summed E-state index contributed by atoms with van der Waals surface area (Å²) in [4.78, 5) is 0. The SMILES string of the molecule is Fc1ccc(F)c([C@H]2CC[CH]N2)c1. The van der Waals surface area contributed by atoms with Gasteiger partial charge in [0.05, 0.1) is 0 Å². The molecule has 69 valence electrons. The van der Waals surface area contributed by atoms with Gasteiger partial charge >= 0.3 is 0 Å². The first-order chi connectivity index (χ1) is 6.27. The second-order valence-corrected chi connectivity index (χ2v) is 3.17. The summed E-state index contributed by atoms with van der Waals surface area (Å²) >= 11 is 0. The van der Waals surface area contributed by atoms with Gasteiger partial charge in [-0.2, -0.15) is 0 Å². The highest BCUT2D eigenvalue weighted by atomic mass is 19.1. The smallest absolute Gasteiger partial charge is 0.128 e. The Labute approximate surface area is 75.8 Å². The Morgan fingerprint density at radius 1 is 1.31 bits per heavy atom. The lowest BCUT2D eigenvalue weighted by Crippen LogP contribution is -2.11. The van der Waals surface area contributed by atoms with E-state index in [9.17, 15) is 8.78 Å². The van der Waals surface area contributed by atoms with E-state index in [4.69, 9.17) is 0 Å². The summed E-state index contributed by atoms with van der Waals surface area (Å²) < 4.78 is 26.0. The van der Waals surface area contributed by atoms with Crippen molar-refractivity contribution in [2.24, 2.45) is 0 Å². The summed E-state index contributed by atoms with van der Waals surface area (Å²) in [6, 6.07) is 3.50. The molecule has 0 saturated carbocycles. The molecule has 0 aliphatic carbocycles. The number of hydrogen-bond donors (Lipinski definition) is 1. The maximum atomic E-state index is 13.2. The van der Waals surface area contributed by atoms with Crippen molar-refractivity contribution in [3.8, 4) is 0 Å². The van der Waals surface area contributed by atoms with Crippen LogP contribution in [-0.4, -0.2) is 0 Å². The first-order valence-electron chi connectivity index (χ1n) is 4.30. The van der Waals surface area contributed by atoms with Crippen LogP contribution in [0.2, 0.25) is 0 Å². The molecule has 1 aliphatic heterocycles. The van der Waals surface area contributed by atoms with E-state index in [1.54, 1.807) is 0 Å². The highest BCUT2D eigenvalue weighted by Crippen LogP contribution is 2.27. The summed E-state index contributed by atoms with van der Waals surface area (Å²) in [7, 11) is 0. The topological polar surface area (TPSA) is 12.0 Å². The Balaban J connectivity index is 2.32. The molecule has 0 aromatic heterocycles. The lowest BCUT2D eigenvalue weighted by atomic mass is 10.0. The summed E-state index contributed by atoms with van der Waals surface area (Å²) in [5.74, 6) is -0.723. The molecule has 1 nitrogen and oxygen atoms in total. The number of nitrogens with one attached hydrogen (secondary N) is 1. The van der Waals surface area contributed by atoms with Crippen LogP contribution < -0.4 is 5.32 Å². The molecule has 1 fully saturated rings. The van der Waals surface area contributed by atoms with Crippen LogP contribution in [0.1, 0.15) is 24.4 Å². The average Bonchev–Trinajstić information content (AvgIpc) is 2.61. The van der Waals surface area contributed by atoms with Crippen molar-refractivity contribution in [1.29, 1.82) is 0 Å². The largest absolute Gasteiger partial charge is 0.306 e. The zero-order chi connectivity index (χ0) is 9.26. The van der Waals surface area contributed by atoms with Crippen LogP contribution in [-0.2, 0) is 0 Å². The molecule has 0 spiro atoms. The maximum absolute atomic E-state index is 13.2. The van der Waals surface area contributed by atoms with E-state index in [-0.39, 0.29) is 17.7 Å². The van der Waals surface area contributed by atoms with Gasteiger partial charge in [-0.15, -0.1) is 0 Å². The molecule has 0 unspecified atom stereocenters. The summed E-state index contributed by atoms with van der Waals surface area (Å²) in [5.41, 5.74) is 0.425. The number of rotatable bonds is 1. The Hall–Kier alpha value is -0.960. The molecule has 1 saturated heterocycles. The van der Waals surface area contributed by atoms with E-state index in [1.807, 2.05) is 6.54 Å². The van der Waals surface area contributed by atoms with Crippen LogP contribution in [0.15, 0.2) is 18.2 Å². The fourth-order valence-corrected chi connectivity index (χ4v) is 1.59. The molecule has 13 heavy (non-hydrogen) atoms. The third-order valence-corrected chi connectivity index (χ3v) is 2.25. The van der Waals surface area contributed by atoms with Crippen molar-refractivity contribution in [2.45, 2.75) is 18.9 Å². The summed E-state index contributed by atoms with van der Waals surface area (Å²) in [6.07, 6.45) is 1.74. The van der Waals surface area contributed by atoms with E-state index >= 15 is 0 Å². The van der Waals surface area contributed by atoms with Crippen LogP contribution in [0.5, 0.6) is 0 Å². The minimum Gasteiger partial charge on any atom is -0.306 e. The molecule has 1 aromatic rings. The van der Waals surface area contributed by atoms with Crippen molar-refractivity contribution in [1.82, 2.24) is 5.32 Å². The van der Waals surface area contributed by atoms with Gasteiger partial charge in [0.25, 0.3) is 0 Å². The Bertz CT molecular complexity index is 306. The molecule has 1 N–H and O–H groups in total. The van der Waals surface area contributed by atoms with Crippen LogP contribution in [0.4, 0.5) is 8.78 Å². The summed E-state index contributed by atoms with van der Waals surface area (Å²) in [5, 5.41) is 3.01. The third-order valence-electron chi connectivity index (χ3n) is 2.25. The molecular weight excluding hydrogens is 172 g/mol. The van der Waals surface area contributed by atoms with Crippen molar-refractivity contribution < 1.29 is 8.78 Å². The number of hydrogen-bond acceptors (Lipinski definition) is 1. The lowest BCUT2D eigenvalue weighted by Gasteiger charge is -2.10. The molecule has 1 atom stereocenters. The van der Waals surface area contributed by atoms with Gasteiger partial charge in [0.1, 0.15) is 11.6 Å². The highest BCUT2D eigenvalue weighted by molar-refractivity contribution is 5.23. The fourth-order valence-electron chi connectivity index (χ4n) is 1.59. The molecule has 1 radical (unpaired) electrons. The van der Waals surface area contributed by atoms with E-state index < -0.39 is 0 Å². The van der Waals surface area contributed by atoms with E-state index in [2.05, 4.69) is 5.32 Å². The molecule has 3 heteroatoms. The van der Waals surface area contributed by atoms with Crippen molar-refractivity contribution in [2.75, 3.05) is 0 Å². The number of halogens is 2. The van der Waals surface area contributed by atoms with Crippen molar-refractivity contribution >= 4 is 0 Å². The number of benzene rings is 1. The average molecular weight is 182 g/mol. The Kier molecular flexibility index (Phi) is 2.27. The van der Waals surface area contributed by atoms with Crippen molar-refractivity contribution in [3.05, 3.63) is 41.9 Å². The monoisotopic (exact) mass is 182 g/mol. The van der Waals surface area contributed by atoms with Gasteiger partial charge < -0.3 is 5.32 Å². The highest BCUT2D eigenvalue weighted by Gasteiger charge is 2.19. The molecule has 0 bridgehead atoms. The van der Waals surface area contributed by atoms with Crippen LogP contribution >= 0.6 is 0 Å². The molecule has 0 amide bonds.